The van der Waals surface area contributed by atoms with E-state index in [-0.39, 0.29) is 5.97 Å². The Morgan fingerprint density at radius 2 is 1.19 bits per heavy atom. The van der Waals surface area contributed by atoms with E-state index in [0.717, 1.165) is 19.3 Å². The Hall–Kier alpha value is -0.440. The molecular formula is C23H44O2S. The molecular weight excluding hydrogens is 340 g/mol. The summed E-state index contributed by atoms with van der Waals surface area (Å²) in [4.78, 5) is 11.3. The van der Waals surface area contributed by atoms with Gasteiger partial charge in [0.15, 0.2) is 0 Å². The topological polar surface area (TPSA) is 26.3 Å². The van der Waals surface area contributed by atoms with Crippen LogP contribution >= 0.6 is 12.6 Å². The molecule has 0 rings (SSSR count). The van der Waals surface area contributed by atoms with Crippen LogP contribution in [0, 0.1) is 0 Å². The molecule has 3 heteroatoms. The number of rotatable bonds is 20. The van der Waals surface area contributed by atoms with Crippen molar-refractivity contribution in [3.05, 3.63) is 12.2 Å². The number of ether oxygens (including phenoxy) is 1. The number of unbranched alkanes of at least 4 members (excludes halogenated alkanes) is 14. The van der Waals surface area contributed by atoms with Gasteiger partial charge in [0.05, 0.1) is 0 Å². The molecule has 0 heterocycles. The van der Waals surface area contributed by atoms with Gasteiger partial charge in [-0.05, 0) is 32.1 Å². The van der Waals surface area contributed by atoms with Crippen LogP contribution in [-0.4, -0.2) is 18.3 Å². The van der Waals surface area contributed by atoms with Crippen LogP contribution in [0.4, 0.5) is 0 Å². The van der Waals surface area contributed by atoms with Crippen LogP contribution < -0.4 is 0 Å². The molecule has 0 radical (unpaired) electrons. The second-order valence-corrected chi connectivity index (χ2v) is 7.79. The fourth-order valence-corrected chi connectivity index (χ4v) is 3.19. The first kappa shape index (κ1) is 25.6. The maximum absolute atomic E-state index is 11.3. The van der Waals surface area contributed by atoms with E-state index in [4.69, 9.17) is 4.74 Å². The van der Waals surface area contributed by atoms with Crippen LogP contribution in [0.3, 0.4) is 0 Å². The molecule has 2 nitrogen and oxygen atoms in total. The maximum Gasteiger partial charge on any atom is 0.305 e. The lowest BCUT2D eigenvalue weighted by Gasteiger charge is -2.02. The molecule has 0 aromatic carbocycles. The van der Waals surface area contributed by atoms with Crippen LogP contribution in [0.15, 0.2) is 12.2 Å². The molecule has 154 valence electrons. The molecule has 0 saturated carbocycles. The van der Waals surface area contributed by atoms with Gasteiger partial charge in [-0.2, -0.15) is 12.6 Å². The average molecular weight is 385 g/mol. The van der Waals surface area contributed by atoms with E-state index in [1.807, 2.05) is 0 Å². The zero-order chi connectivity index (χ0) is 19.1. The van der Waals surface area contributed by atoms with Crippen molar-refractivity contribution in [2.24, 2.45) is 0 Å². The van der Waals surface area contributed by atoms with Crippen molar-refractivity contribution < 1.29 is 9.53 Å². The van der Waals surface area contributed by atoms with Crippen LogP contribution in [-0.2, 0) is 9.53 Å². The van der Waals surface area contributed by atoms with E-state index in [1.54, 1.807) is 0 Å². The van der Waals surface area contributed by atoms with E-state index in [0.29, 0.717) is 18.8 Å². The highest BCUT2D eigenvalue weighted by molar-refractivity contribution is 7.80. The molecule has 0 amide bonds. The van der Waals surface area contributed by atoms with Gasteiger partial charge in [0.25, 0.3) is 0 Å². The van der Waals surface area contributed by atoms with Gasteiger partial charge in [-0.1, -0.05) is 89.7 Å². The Balaban J connectivity index is 3.14. The van der Waals surface area contributed by atoms with Crippen LogP contribution in [0.1, 0.15) is 116 Å². The van der Waals surface area contributed by atoms with E-state index < -0.39 is 0 Å². The van der Waals surface area contributed by atoms with Gasteiger partial charge >= 0.3 is 5.97 Å². The van der Waals surface area contributed by atoms with Crippen molar-refractivity contribution in [1.82, 2.24) is 0 Å². The summed E-state index contributed by atoms with van der Waals surface area (Å²) in [7, 11) is 0. The number of hydrogen-bond donors (Lipinski definition) is 1. The predicted molar refractivity (Wildman–Crippen MR) is 118 cm³/mol. The standard InChI is InChI=1S/C23H44O2S/c1-2-3-4-5-6-7-8-9-10-11-12-13-14-15-16-17-18-19-20-23(24)25-21-22-26/h15-16,26H,2-14,17-22H2,1H3/b16-15+. The monoisotopic (exact) mass is 384 g/mol. The number of carbonyl (C=O) groups is 1. The van der Waals surface area contributed by atoms with E-state index >= 15 is 0 Å². The summed E-state index contributed by atoms with van der Waals surface area (Å²) < 4.78 is 4.99. The molecule has 0 atom stereocenters. The fourth-order valence-electron chi connectivity index (χ4n) is 3.10. The number of carbonyl (C=O) groups excluding carboxylic acids is 1. The Bertz CT molecular complexity index is 315. The minimum absolute atomic E-state index is 0.0838. The highest BCUT2D eigenvalue weighted by atomic mass is 32.1. The third-order valence-electron chi connectivity index (χ3n) is 4.75. The van der Waals surface area contributed by atoms with E-state index in [9.17, 15) is 4.79 Å². The smallest absolute Gasteiger partial charge is 0.305 e. The highest BCUT2D eigenvalue weighted by Gasteiger charge is 2.00. The molecule has 0 unspecified atom stereocenters. The number of hydrogen-bond acceptors (Lipinski definition) is 3. The lowest BCUT2D eigenvalue weighted by Crippen LogP contribution is -2.06. The number of allylic oxidation sites excluding steroid dienone is 2. The van der Waals surface area contributed by atoms with Crippen molar-refractivity contribution in [3.63, 3.8) is 0 Å². The lowest BCUT2D eigenvalue weighted by atomic mass is 10.0. The normalized spacial score (nSPS) is 11.3. The summed E-state index contributed by atoms with van der Waals surface area (Å²) >= 11 is 4.02. The zero-order valence-corrected chi connectivity index (χ0v) is 18.2. The Labute approximate surface area is 169 Å². The third-order valence-corrected chi connectivity index (χ3v) is 4.93. The summed E-state index contributed by atoms with van der Waals surface area (Å²) in [6.07, 6.45) is 26.3. The van der Waals surface area contributed by atoms with Crippen molar-refractivity contribution in [1.29, 1.82) is 0 Å². The molecule has 0 aliphatic carbocycles. The quantitative estimate of drug-likeness (QED) is 0.101. The molecule has 0 aromatic rings. The Morgan fingerprint density at radius 1 is 0.731 bits per heavy atom. The second-order valence-electron chi connectivity index (χ2n) is 7.34. The van der Waals surface area contributed by atoms with Crippen molar-refractivity contribution in [3.8, 4) is 0 Å². The Kier molecular flexibility index (Phi) is 22.2. The largest absolute Gasteiger partial charge is 0.465 e. The second kappa shape index (κ2) is 22.6. The van der Waals surface area contributed by atoms with Crippen LogP contribution in [0.2, 0.25) is 0 Å². The first-order chi connectivity index (χ1) is 12.8. The first-order valence-corrected chi connectivity index (χ1v) is 11.9. The van der Waals surface area contributed by atoms with Gasteiger partial charge in [0, 0.05) is 12.2 Å². The first-order valence-electron chi connectivity index (χ1n) is 11.2. The zero-order valence-electron chi connectivity index (χ0n) is 17.4. The van der Waals surface area contributed by atoms with Gasteiger partial charge in [-0.25, -0.2) is 0 Å². The molecule has 0 spiro atoms. The number of thiol groups is 1. The summed E-state index contributed by atoms with van der Waals surface area (Å²) in [5.41, 5.74) is 0. The van der Waals surface area contributed by atoms with Gasteiger partial charge < -0.3 is 4.74 Å². The molecule has 0 N–H and O–H groups in total. The molecule has 0 aliphatic rings. The minimum Gasteiger partial charge on any atom is -0.465 e. The maximum atomic E-state index is 11.3. The molecule has 0 saturated heterocycles. The molecule has 0 bridgehead atoms. The van der Waals surface area contributed by atoms with Crippen molar-refractivity contribution >= 4 is 18.6 Å². The Morgan fingerprint density at radius 3 is 1.69 bits per heavy atom. The lowest BCUT2D eigenvalue weighted by molar-refractivity contribution is -0.143. The fraction of sp³-hybridized carbons (Fsp3) is 0.870. The van der Waals surface area contributed by atoms with Crippen LogP contribution in [0.25, 0.3) is 0 Å². The van der Waals surface area contributed by atoms with Gasteiger partial charge in [-0.15, -0.1) is 0 Å². The third kappa shape index (κ3) is 21.6. The summed E-state index contributed by atoms with van der Waals surface area (Å²) in [5.74, 6) is 0.521. The summed E-state index contributed by atoms with van der Waals surface area (Å²) in [6, 6.07) is 0. The SMILES string of the molecule is CCCCCCCCCCCCCC/C=C/CCCCC(=O)OCCS. The van der Waals surface area contributed by atoms with Gasteiger partial charge in [0.1, 0.15) is 6.61 Å². The van der Waals surface area contributed by atoms with Crippen molar-refractivity contribution in [2.45, 2.75) is 116 Å². The van der Waals surface area contributed by atoms with Crippen LogP contribution in [0.5, 0.6) is 0 Å². The van der Waals surface area contributed by atoms with Gasteiger partial charge in [-0.3, -0.25) is 4.79 Å². The summed E-state index contributed by atoms with van der Waals surface area (Å²) in [5, 5.41) is 0. The summed E-state index contributed by atoms with van der Waals surface area (Å²) in [6.45, 7) is 2.71. The number of esters is 1. The van der Waals surface area contributed by atoms with E-state index in [2.05, 4.69) is 31.7 Å². The molecule has 26 heavy (non-hydrogen) atoms. The van der Waals surface area contributed by atoms with E-state index in [1.165, 1.54) is 83.5 Å². The predicted octanol–water partition coefficient (Wildman–Crippen LogP) is 7.67. The van der Waals surface area contributed by atoms with Crippen molar-refractivity contribution in [2.75, 3.05) is 12.4 Å². The van der Waals surface area contributed by atoms with Gasteiger partial charge in [0.2, 0.25) is 0 Å². The minimum atomic E-state index is -0.0838. The molecule has 0 aromatic heterocycles. The highest BCUT2D eigenvalue weighted by Crippen LogP contribution is 2.12. The molecule has 0 fully saturated rings. The molecule has 0 aliphatic heterocycles. The average Bonchev–Trinajstić information content (AvgIpc) is 2.65.